The van der Waals surface area contributed by atoms with Crippen LogP contribution in [0.5, 0.6) is 0 Å². The Hall–Kier alpha value is -3.66. The second-order valence-corrected chi connectivity index (χ2v) is 7.68. The van der Waals surface area contributed by atoms with Gasteiger partial charge in [-0.05, 0) is 58.1 Å². The molecule has 4 rings (SSSR count). The van der Waals surface area contributed by atoms with Gasteiger partial charge in [0.05, 0.1) is 5.56 Å². The zero-order valence-corrected chi connectivity index (χ0v) is 17.0. The molecule has 2 N–H and O–H groups in total. The van der Waals surface area contributed by atoms with Crippen molar-refractivity contribution in [3.8, 4) is 0 Å². The number of hydrogen-bond acceptors (Lipinski definition) is 2. The van der Waals surface area contributed by atoms with Gasteiger partial charge in [-0.15, -0.1) is 0 Å². The predicted octanol–water partition coefficient (Wildman–Crippen LogP) is 5.04. The summed E-state index contributed by atoms with van der Waals surface area (Å²) < 4.78 is 0. The van der Waals surface area contributed by atoms with Crippen molar-refractivity contribution in [2.45, 2.75) is 26.3 Å². The van der Waals surface area contributed by atoms with Crippen LogP contribution in [0.25, 0.3) is 21.5 Å². The number of aliphatic carboxylic acids is 1. The summed E-state index contributed by atoms with van der Waals surface area (Å²) >= 11 is 0. The van der Waals surface area contributed by atoms with Gasteiger partial charge in [0.15, 0.2) is 0 Å². The number of amides is 1. The highest BCUT2D eigenvalue weighted by atomic mass is 16.4. The molecule has 0 saturated carbocycles. The summed E-state index contributed by atoms with van der Waals surface area (Å²) in [6.45, 7) is 4.01. The minimum absolute atomic E-state index is 0.227. The van der Waals surface area contributed by atoms with Crippen molar-refractivity contribution in [3.63, 3.8) is 0 Å². The van der Waals surface area contributed by atoms with Gasteiger partial charge in [-0.1, -0.05) is 66.7 Å². The molecule has 4 aromatic rings. The third-order valence-electron chi connectivity index (χ3n) is 5.61. The summed E-state index contributed by atoms with van der Waals surface area (Å²) in [7, 11) is 0. The minimum atomic E-state index is -1.05. The lowest BCUT2D eigenvalue weighted by atomic mass is 9.95. The molecule has 0 aliphatic carbocycles. The number of benzene rings is 4. The van der Waals surface area contributed by atoms with Crippen molar-refractivity contribution >= 4 is 33.4 Å². The van der Waals surface area contributed by atoms with Gasteiger partial charge < -0.3 is 10.4 Å². The Bertz CT molecular complexity index is 1220. The summed E-state index contributed by atoms with van der Waals surface area (Å²) in [5.41, 5.74) is 3.64. The number of aryl methyl sites for hydroxylation is 2. The molecule has 0 aliphatic rings. The molecule has 4 aromatic carbocycles. The molecule has 30 heavy (non-hydrogen) atoms. The summed E-state index contributed by atoms with van der Waals surface area (Å²) in [6, 6.07) is 22.2. The average molecular weight is 397 g/mol. The van der Waals surface area contributed by atoms with Crippen LogP contribution in [0.3, 0.4) is 0 Å². The van der Waals surface area contributed by atoms with Crippen LogP contribution in [0.4, 0.5) is 0 Å². The van der Waals surface area contributed by atoms with Gasteiger partial charge >= 0.3 is 5.97 Å². The molecule has 4 nitrogen and oxygen atoms in total. The summed E-state index contributed by atoms with van der Waals surface area (Å²) in [4.78, 5) is 25.3. The molecule has 1 atom stereocenters. The van der Waals surface area contributed by atoms with E-state index in [0.29, 0.717) is 5.56 Å². The van der Waals surface area contributed by atoms with E-state index in [1.54, 1.807) is 0 Å². The first kappa shape index (κ1) is 19.6. The Morgan fingerprint density at radius 1 is 0.833 bits per heavy atom. The third kappa shape index (κ3) is 3.77. The molecule has 1 amide bonds. The average Bonchev–Trinajstić information content (AvgIpc) is 2.73. The fourth-order valence-corrected chi connectivity index (χ4v) is 3.86. The van der Waals surface area contributed by atoms with Crippen LogP contribution < -0.4 is 5.32 Å². The van der Waals surface area contributed by atoms with Crippen LogP contribution in [0.15, 0.2) is 72.8 Å². The maximum atomic E-state index is 13.3. The van der Waals surface area contributed by atoms with Crippen molar-refractivity contribution in [2.24, 2.45) is 0 Å². The van der Waals surface area contributed by atoms with E-state index in [0.717, 1.165) is 38.2 Å². The second kappa shape index (κ2) is 7.99. The number of carbonyl (C=O) groups excluding carboxylic acids is 1. The van der Waals surface area contributed by atoms with Crippen molar-refractivity contribution in [3.05, 3.63) is 95.1 Å². The second-order valence-electron chi connectivity index (χ2n) is 7.68. The molecule has 150 valence electrons. The maximum absolute atomic E-state index is 13.3. The van der Waals surface area contributed by atoms with E-state index in [1.807, 2.05) is 86.6 Å². The molecular weight excluding hydrogens is 374 g/mol. The number of carbonyl (C=O) groups is 2. The highest BCUT2D eigenvalue weighted by Gasteiger charge is 2.23. The molecule has 4 heteroatoms. The first-order chi connectivity index (χ1) is 14.4. The van der Waals surface area contributed by atoms with Crippen LogP contribution >= 0.6 is 0 Å². The highest BCUT2D eigenvalue weighted by molar-refractivity contribution is 6.18. The number of hydrogen-bond donors (Lipinski definition) is 2. The lowest BCUT2D eigenvalue weighted by Gasteiger charge is -2.17. The van der Waals surface area contributed by atoms with E-state index < -0.39 is 12.0 Å². The van der Waals surface area contributed by atoms with E-state index >= 15 is 0 Å². The fraction of sp³-hybridized carbons (Fsp3) is 0.154. The smallest absolute Gasteiger partial charge is 0.326 e. The molecule has 0 heterocycles. The van der Waals surface area contributed by atoms with E-state index in [-0.39, 0.29) is 12.3 Å². The number of carboxylic acid groups (broad SMARTS) is 1. The van der Waals surface area contributed by atoms with Crippen molar-refractivity contribution < 1.29 is 14.7 Å². The van der Waals surface area contributed by atoms with Crippen LogP contribution in [0, 0.1) is 13.8 Å². The van der Waals surface area contributed by atoms with Gasteiger partial charge in [0.1, 0.15) is 6.04 Å². The maximum Gasteiger partial charge on any atom is 0.326 e. The highest BCUT2D eigenvalue weighted by Crippen LogP contribution is 2.28. The Labute approximate surface area is 175 Å². The van der Waals surface area contributed by atoms with Gasteiger partial charge in [0, 0.05) is 6.42 Å². The zero-order chi connectivity index (χ0) is 21.3. The van der Waals surface area contributed by atoms with Gasteiger partial charge in [-0.25, -0.2) is 4.79 Å². The molecule has 0 bridgehead atoms. The minimum Gasteiger partial charge on any atom is -0.480 e. The van der Waals surface area contributed by atoms with Gasteiger partial charge in [-0.3, -0.25) is 4.79 Å². The van der Waals surface area contributed by atoms with Crippen LogP contribution in [0.2, 0.25) is 0 Å². The summed E-state index contributed by atoms with van der Waals surface area (Å²) in [5, 5.41) is 16.0. The van der Waals surface area contributed by atoms with Crippen molar-refractivity contribution in [1.82, 2.24) is 5.32 Å². The number of carboxylic acids is 1. The van der Waals surface area contributed by atoms with Gasteiger partial charge in [0.2, 0.25) is 0 Å². The normalized spacial score (nSPS) is 12.1. The van der Waals surface area contributed by atoms with Crippen molar-refractivity contribution in [2.75, 3.05) is 0 Å². The molecule has 0 aliphatic heterocycles. The van der Waals surface area contributed by atoms with E-state index in [1.165, 1.54) is 0 Å². The third-order valence-corrected chi connectivity index (χ3v) is 5.61. The number of nitrogens with one attached hydrogen (secondary N) is 1. The molecule has 0 fully saturated rings. The topological polar surface area (TPSA) is 66.4 Å². The van der Waals surface area contributed by atoms with Crippen LogP contribution in [-0.4, -0.2) is 23.0 Å². The molecule has 0 unspecified atom stereocenters. The molecule has 0 saturated heterocycles. The van der Waals surface area contributed by atoms with Crippen molar-refractivity contribution in [1.29, 1.82) is 0 Å². The molecular formula is C26H23NO3. The zero-order valence-electron chi connectivity index (χ0n) is 17.0. The lowest BCUT2D eigenvalue weighted by molar-refractivity contribution is -0.139. The fourth-order valence-electron chi connectivity index (χ4n) is 3.86. The Balaban J connectivity index is 1.73. The monoisotopic (exact) mass is 397 g/mol. The van der Waals surface area contributed by atoms with Gasteiger partial charge in [-0.2, -0.15) is 0 Å². The Morgan fingerprint density at radius 3 is 2.00 bits per heavy atom. The summed E-state index contributed by atoms with van der Waals surface area (Å²) in [6.07, 6.45) is 0.227. The summed E-state index contributed by atoms with van der Waals surface area (Å²) in [5.74, 6) is -1.43. The first-order valence-electron chi connectivity index (χ1n) is 9.94. The lowest BCUT2D eigenvalue weighted by Crippen LogP contribution is -2.42. The van der Waals surface area contributed by atoms with Gasteiger partial charge in [0.25, 0.3) is 5.91 Å². The largest absolute Gasteiger partial charge is 0.480 e. The quantitative estimate of drug-likeness (QED) is 0.464. The Kier molecular flexibility index (Phi) is 5.23. The molecule has 0 aromatic heterocycles. The standard InChI is InChI=1S/C26H23NO3/c1-16-11-12-18(13-17(16)2)14-23(26(29)30)27-25(28)24-21-9-5-3-7-19(21)15-20-8-4-6-10-22(20)24/h3-13,15,23H,14H2,1-2H3,(H,27,28)(H,29,30)/t23-/m1/s1. The van der Waals surface area contributed by atoms with E-state index in [4.69, 9.17) is 0 Å². The van der Waals surface area contributed by atoms with E-state index in [9.17, 15) is 14.7 Å². The first-order valence-corrected chi connectivity index (χ1v) is 9.94. The van der Waals surface area contributed by atoms with Crippen LogP contribution in [0.1, 0.15) is 27.0 Å². The predicted molar refractivity (Wildman–Crippen MR) is 120 cm³/mol. The number of fused-ring (bicyclic) bond motifs is 2. The number of rotatable bonds is 5. The van der Waals surface area contributed by atoms with E-state index in [2.05, 4.69) is 5.32 Å². The Morgan fingerprint density at radius 2 is 1.43 bits per heavy atom. The SMILES string of the molecule is Cc1ccc(C[C@@H](NC(=O)c2c3ccccc3cc3ccccc23)C(=O)O)cc1C. The molecule has 0 radical (unpaired) electrons. The van der Waals surface area contributed by atoms with Crippen LogP contribution in [-0.2, 0) is 11.2 Å². The molecule has 0 spiro atoms.